The second kappa shape index (κ2) is 4.48. The van der Waals surface area contributed by atoms with E-state index in [2.05, 4.69) is 34.2 Å². The maximum absolute atomic E-state index is 5.39. The maximum Gasteiger partial charge on any atom is 0.0381 e. The summed E-state index contributed by atoms with van der Waals surface area (Å²) in [5, 5.41) is 3.25. The number of hydrogen-bond acceptors (Lipinski definition) is 2. The fourth-order valence-corrected chi connectivity index (χ4v) is 1.37. The summed E-state index contributed by atoms with van der Waals surface area (Å²) in [5.41, 5.74) is 7.77. The van der Waals surface area contributed by atoms with E-state index in [9.17, 15) is 0 Å². The molecule has 0 aliphatic carbocycles. The lowest BCUT2D eigenvalue weighted by molar-refractivity contribution is 1.02. The van der Waals surface area contributed by atoms with Crippen LogP contribution < -0.4 is 11.1 Å². The van der Waals surface area contributed by atoms with E-state index in [-0.39, 0.29) is 0 Å². The topological polar surface area (TPSA) is 38.0 Å². The van der Waals surface area contributed by atoms with Crippen molar-refractivity contribution in [2.45, 2.75) is 6.92 Å². The number of halogens is 1. The van der Waals surface area contributed by atoms with Gasteiger partial charge in [0.2, 0.25) is 0 Å². The Kier molecular flexibility index (Phi) is 3.56. The van der Waals surface area contributed by atoms with Crippen LogP contribution in [0.2, 0.25) is 0 Å². The normalized spacial score (nSPS) is 9.92. The van der Waals surface area contributed by atoms with Crippen LogP contribution in [-0.2, 0) is 0 Å². The van der Waals surface area contributed by atoms with Crippen LogP contribution in [0.25, 0.3) is 0 Å². The van der Waals surface area contributed by atoms with Crippen molar-refractivity contribution in [2.24, 2.45) is 5.73 Å². The minimum absolute atomic E-state index is 0.659. The second-order valence-corrected chi connectivity index (χ2v) is 3.48. The highest BCUT2D eigenvalue weighted by molar-refractivity contribution is 9.10. The van der Waals surface area contributed by atoms with Gasteiger partial charge in [0.05, 0.1) is 0 Å². The Balaban J connectivity index is 2.78. The first-order valence-corrected chi connectivity index (χ1v) is 4.74. The molecule has 0 aliphatic rings. The molecule has 0 heterocycles. The highest BCUT2D eigenvalue weighted by atomic mass is 79.9. The van der Waals surface area contributed by atoms with Crippen molar-refractivity contribution in [1.29, 1.82) is 0 Å². The number of nitrogens with one attached hydrogen (secondary N) is 1. The molecule has 0 saturated carbocycles. The summed E-state index contributed by atoms with van der Waals surface area (Å²) < 4.78 is 1.13. The zero-order valence-corrected chi connectivity index (χ0v) is 8.69. The van der Waals surface area contributed by atoms with Gasteiger partial charge in [-0.25, -0.2) is 0 Å². The Bertz CT molecular complexity index is 261. The Labute approximate surface area is 81.3 Å². The number of nitrogens with two attached hydrogens (primary N) is 1. The summed E-state index contributed by atoms with van der Waals surface area (Å²) in [7, 11) is 0. The van der Waals surface area contributed by atoms with Gasteiger partial charge in [-0.3, -0.25) is 0 Å². The molecular formula is C9H13BrN2. The zero-order valence-electron chi connectivity index (χ0n) is 7.10. The van der Waals surface area contributed by atoms with Crippen LogP contribution in [0.1, 0.15) is 5.56 Å². The first kappa shape index (κ1) is 9.55. The summed E-state index contributed by atoms with van der Waals surface area (Å²) in [6.07, 6.45) is 0. The SMILES string of the molecule is Cc1c(Br)cccc1NCCN. The van der Waals surface area contributed by atoms with E-state index in [4.69, 9.17) is 5.73 Å². The molecule has 1 rings (SSSR count). The van der Waals surface area contributed by atoms with Gasteiger partial charge in [0.25, 0.3) is 0 Å². The lowest BCUT2D eigenvalue weighted by Gasteiger charge is -2.08. The molecule has 0 amide bonds. The van der Waals surface area contributed by atoms with Crippen LogP contribution >= 0.6 is 15.9 Å². The molecule has 12 heavy (non-hydrogen) atoms. The summed E-state index contributed by atoms with van der Waals surface area (Å²) >= 11 is 3.47. The Morgan fingerprint density at radius 3 is 2.92 bits per heavy atom. The molecule has 3 heteroatoms. The van der Waals surface area contributed by atoms with E-state index in [1.54, 1.807) is 0 Å². The van der Waals surface area contributed by atoms with Gasteiger partial charge in [0, 0.05) is 23.2 Å². The summed E-state index contributed by atoms with van der Waals surface area (Å²) in [5.74, 6) is 0. The van der Waals surface area contributed by atoms with E-state index in [1.807, 2.05) is 12.1 Å². The molecule has 0 saturated heterocycles. The number of anilines is 1. The highest BCUT2D eigenvalue weighted by Crippen LogP contribution is 2.22. The summed E-state index contributed by atoms with van der Waals surface area (Å²) in [4.78, 5) is 0. The van der Waals surface area contributed by atoms with Crippen LogP contribution in [0.5, 0.6) is 0 Å². The van der Waals surface area contributed by atoms with Crippen molar-refractivity contribution < 1.29 is 0 Å². The van der Waals surface area contributed by atoms with Crippen LogP contribution in [0.15, 0.2) is 22.7 Å². The molecular weight excluding hydrogens is 216 g/mol. The standard InChI is InChI=1S/C9H13BrN2/c1-7-8(10)3-2-4-9(7)12-6-5-11/h2-4,12H,5-6,11H2,1H3. The van der Waals surface area contributed by atoms with Gasteiger partial charge in [-0.15, -0.1) is 0 Å². The average molecular weight is 229 g/mol. The third-order valence-corrected chi connectivity index (χ3v) is 2.59. The van der Waals surface area contributed by atoms with Crippen molar-refractivity contribution in [3.63, 3.8) is 0 Å². The van der Waals surface area contributed by atoms with Crippen molar-refractivity contribution in [3.8, 4) is 0 Å². The number of benzene rings is 1. The molecule has 0 spiro atoms. The molecule has 1 aromatic rings. The van der Waals surface area contributed by atoms with Gasteiger partial charge in [0.1, 0.15) is 0 Å². The first-order valence-electron chi connectivity index (χ1n) is 3.94. The molecule has 3 N–H and O–H groups in total. The maximum atomic E-state index is 5.39. The van der Waals surface area contributed by atoms with Crippen molar-refractivity contribution in [1.82, 2.24) is 0 Å². The van der Waals surface area contributed by atoms with Crippen molar-refractivity contribution in [2.75, 3.05) is 18.4 Å². The smallest absolute Gasteiger partial charge is 0.0381 e. The fraction of sp³-hybridized carbons (Fsp3) is 0.333. The van der Waals surface area contributed by atoms with Gasteiger partial charge < -0.3 is 11.1 Å². The van der Waals surface area contributed by atoms with Gasteiger partial charge in [-0.05, 0) is 24.6 Å². The summed E-state index contributed by atoms with van der Waals surface area (Å²) in [6.45, 7) is 3.55. The zero-order chi connectivity index (χ0) is 8.97. The van der Waals surface area contributed by atoms with Crippen molar-refractivity contribution in [3.05, 3.63) is 28.2 Å². The molecule has 0 aliphatic heterocycles. The molecule has 0 bridgehead atoms. The van der Waals surface area contributed by atoms with Gasteiger partial charge in [-0.1, -0.05) is 22.0 Å². The fourth-order valence-electron chi connectivity index (χ4n) is 1.01. The predicted molar refractivity (Wildman–Crippen MR) is 56.4 cm³/mol. The van der Waals surface area contributed by atoms with Crippen LogP contribution in [0.3, 0.4) is 0 Å². The average Bonchev–Trinajstić information content (AvgIpc) is 2.08. The quantitative estimate of drug-likeness (QED) is 0.833. The minimum atomic E-state index is 0.659. The molecule has 0 radical (unpaired) electrons. The van der Waals surface area contributed by atoms with E-state index in [0.29, 0.717) is 6.54 Å². The van der Waals surface area contributed by atoms with Crippen molar-refractivity contribution >= 4 is 21.6 Å². The third-order valence-electron chi connectivity index (χ3n) is 1.73. The molecule has 0 aromatic heterocycles. The van der Waals surface area contributed by atoms with E-state index >= 15 is 0 Å². The molecule has 2 nitrogen and oxygen atoms in total. The largest absolute Gasteiger partial charge is 0.384 e. The van der Waals surface area contributed by atoms with E-state index < -0.39 is 0 Å². The lowest BCUT2D eigenvalue weighted by atomic mass is 10.2. The van der Waals surface area contributed by atoms with Gasteiger partial charge in [-0.2, -0.15) is 0 Å². The Hall–Kier alpha value is -0.540. The minimum Gasteiger partial charge on any atom is -0.384 e. The van der Waals surface area contributed by atoms with Crippen LogP contribution in [0, 0.1) is 6.92 Å². The van der Waals surface area contributed by atoms with E-state index in [0.717, 1.165) is 16.7 Å². The van der Waals surface area contributed by atoms with Gasteiger partial charge in [0.15, 0.2) is 0 Å². The van der Waals surface area contributed by atoms with Crippen LogP contribution in [-0.4, -0.2) is 13.1 Å². The second-order valence-electron chi connectivity index (χ2n) is 2.63. The predicted octanol–water partition coefficient (Wildman–Crippen LogP) is 2.13. The first-order chi connectivity index (χ1) is 5.75. The monoisotopic (exact) mass is 228 g/mol. The third kappa shape index (κ3) is 2.22. The number of rotatable bonds is 3. The molecule has 0 fully saturated rings. The highest BCUT2D eigenvalue weighted by Gasteiger charge is 1.98. The molecule has 0 atom stereocenters. The Morgan fingerprint density at radius 2 is 2.25 bits per heavy atom. The molecule has 66 valence electrons. The lowest BCUT2D eigenvalue weighted by Crippen LogP contribution is -2.13. The van der Waals surface area contributed by atoms with Gasteiger partial charge >= 0.3 is 0 Å². The van der Waals surface area contributed by atoms with Crippen LogP contribution in [0.4, 0.5) is 5.69 Å². The molecule has 1 aromatic carbocycles. The Morgan fingerprint density at radius 1 is 1.50 bits per heavy atom. The summed E-state index contributed by atoms with van der Waals surface area (Å²) in [6, 6.07) is 6.09. The molecule has 0 unspecified atom stereocenters. The number of hydrogen-bond donors (Lipinski definition) is 2. The van der Waals surface area contributed by atoms with E-state index in [1.165, 1.54) is 5.56 Å².